The number of aliphatic hydroxyl groups excluding tert-OH is 2. The summed E-state index contributed by atoms with van der Waals surface area (Å²) in [5, 5.41) is 30.2. The normalized spacial score (nSPS) is 23.5. The smallest absolute Gasteiger partial charge is 0.119 e. The summed E-state index contributed by atoms with van der Waals surface area (Å²) in [4.78, 5) is 0. The molecular formula is C24H40O3. The second-order valence-corrected chi connectivity index (χ2v) is 9.17. The number of aromatic hydroxyl groups is 1. The Labute approximate surface area is 165 Å². The summed E-state index contributed by atoms with van der Waals surface area (Å²) >= 11 is 0. The molecule has 1 saturated carbocycles. The van der Waals surface area contributed by atoms with Crippen molar-refractivity contribution < 1.29 is 15.3 Å². The van der Waals surface area contributed by atoms with Crippen LogP contribution >= 0.6 is 0 Å². The predicted molar refractivity (Wildman–Crippen MR) is 112 cm³/mol. The molecule has 3 N–H and O–H groups in total. The molecule has 0 bridgehead atoms. The highest BCUT2D eigenvalue weighted by atomic mass is 16.3. The van der Waals surface area contributed by atoms with Crippen LogP contribution in [0.25, 0.3) is 0 Å². The van der Waals surface area contributed by atoms with E-state index in [0.29, 0.717) is 18.1 Å². The van der Waals surface area contributed by atoms with Crippen LogP contribution in [0.2, 0.25) is 0 Å². The molecule has 0 aromatic heterocycles. The quantitative estimate of drug-likeness (QED) is 0.462. The Kier molecular flexibility index (Phi) is 8.62. The maximum atomic E-state index is 10.8. The fraction of sp³-hybridized carbons (Fsp3) is 0.750. The molecule has 27 heavy (non-hydrogen) atoms. The minimum atomic E-state index is -0.283. The Bertz CT molecular complexity index is 565. The lowest BCUT2D eigenvalue weighted by Crippen LogP contribution is -2.27. The van der Waals surface area contributed by atoms with Gasteiger partial charge in [-0.05, 0) is 73.0 Å². The SMILES string of the molecule is CCCCCCC(C)(C)c1ccc([C@@H]2C[C@@H](O)CC[C@H]2CCCO)c(O)c1. The molecule has 1 fully saturated rings. The Hall–Kier alpha value is -1.06. The summed E-state index contributed by atoms with van der Waals surface area (Å²) in [5.74, 6) is 0.989. The van der Waals surface area contributed by atoms with E-state index < -0.39 is 0 Å². The number of rotatable bonds is 10. The second-order valence-electron chi connectivity index (χ2n) is 9.17. The average molecular weight is 377 g/mol. The highest BCUT2D eigenvalue weighted by molar-refractivity contribution is 5.42. The van der Waals surface area contributed by atoms with Crippen LogP contribution in [0.5, 0.6) is 5.75 Å². The number of hydrogen-bond acceptors (Lipinski definition) is 3. The van der Waals surface area contributed by atoms with Crippen molar-refractivity contribution in [2.45, 2.75) is 102 Å². The van der Waals surface area contributed by atoms with Gasteiger partial charge in [0.1, 0.15) is 5.75 Å². The number of phenols is 1. The van der Waals surface area contributed by atoms with Crippen LogP contribution in [0.15, 0.2) is 18.2 Å². The van der Waals surface area contributed by atoms with Crippen LogP contribution in [-0.4, -0.2) is 28.0 Å². The van der Waals surface area contributed by atoms with E-state index in [0.717, 1.165) is 37.7 Å². The van der Waals surface area contributed by atoms with Gasteiger partial charge in [0, 0.05) is 6.61 Å². The maximum absolute atomic E-state index is 10.8. The van der Waals surface area contributed by atoms with Crippen LogP contribution in [0.4, 0.5) is 0 Å². The van der Waals surface area contributed by atoms with E-state index in [-0.39, 0.29) is 24.0 Å². The first-order valence-electron chi connectivity index (χ1n) is 11.0. The van der Waals surface area contributed by atoms with Crippen molar-refractivity contribution in [1.29, 1.82) is 0 Å². The molecule has 1 aromatic carbocycles. The third kappa shape index (κ3) is 6.22. The Morgan fingerprint density at radius 2 is 1.85 bits per heavy atom. The molecule has 0 radical (unpaired) electrons. The van der Waals surface area contributed by atoms with Gasteiger partial charge in [-0.3, -0.25) is 0 Å². The highest BCUT2D eigenvalue weighted by Crippen LogP contribution is 2.44. The molecule has 3 heteroatoms. The van der Waals surface area contributed by atoms with E-state index >= 15 is 0 Å². The average Bonchev–Trinajstić information content (AvgIpc) is 2.64. The zero-order chi connectivity index (χ0) is 19.9. The zero-order valence-corrected chi connectivity index (χ0v) is 17.6. The van der Waals surface area contributed by atoms with Crippen molar-refractivity contribution in [3.63, 3.8) is 0 Å². The van der Waals surface area contributed by atoms with Gasteiger partial charge in [0.05, 0.1) is 6.10 Å². The minimum Gasteiger partial charge on any atom is -0.508 e. The molecular weight excluding hydrogens is 336 g/mol. The highest BCUT2D eigenvalue weighted by Gasteiger charge is 2.32. The number of phenolic OH excluding ortho intramolecular Hbond substituents is 1. The second kappa shape index (κ2) is 10.5. The fourth-order valence-corrected chi connectivity index (χ4v) is 4.71. The van der Waals surface area contributed by atoms with Crippen LogP contribution < -0.4 is 0 Å². The van der Waals surface area contributed by atoms with Crippen LogP contribution in [-0.2, 0) is 5.41 Å². The minimum absolute atomic E-state index is 0.0616. The van der Waals surface area contributed by atoms with Crippen molar-refractivity contribution in [3.05, 3.63) is 29.3 Å². The molecule has 3 nitrogen and oxygen atoms in total. The molecule has 0 aliphatic heterocycles. The number of unbranched alkanes of at least 4 members (excludes halogenated alkanes) is 3. The van der Waals surface area contributed by atoms with E-state index in [4.69, 9.17) is 0 Å². The topological polar surface area (TPSA) is 60.7 Å². The van der Waals surface area contributed by atoms with Gasteiger partial charge in [0.25, 0.3) is 0 Å². The molecule has 0 saturated heterocycles. The van der Waals surface area contributed by atoms with E-state index in [1.54, 1.807) is 0 Å². The predicted octanol–water partition coefficient (Wildman–Crippen LogP) is 5.66. The molecule has 2 rings (SSSR count). The van der Waals surface area contributed by atoms with E-state index in [1.165, 1.54) is 31.2 Å². The largest absolute Gasteiger partial charge is 0.508 e. The van der Waals surface area contributed by atoms with Gasteiger partial charge in [-0.1, -0.05) is 58.6 Å². The Morgan fingerprint density at radius 3 is 2.52 bits per heavy atom. The third-order valence-electron chi connectivity index (χ3n) is 6.57. The van der Waals surface area contributed by atoms with Crippen LogP contribution in [0.1, 0.15) is 102 Å². The lowest BCUT2D eigenvalue weighted by molar-refractivity contribution is 0.0879. The molecule has 1 aromatic rings. The maximum Gasteiger partial charge on any atom is 0.119 e. The van der Waals surface area contributed by atoms with Crippen molar-refractivity contribution in [3.8, 4) is 5.75 Å². The summed E-state index contributed by atoms with van der Waals surface area (Å²) in [6.07, 6.45) is 10.1. The van der Waals surface area contributed by atoms with Gasteiger partial charge in [-0.2, -0.15) is 0 Å². The van der Waals surface area contributed by atoms with Crippen molar-refractivity contribution in [1.82, 2.24) is 0 Å². The molecule has 3 atom stereocenters. The summed E-state index contributed by atoms with van der Waals surface area (Å²) < 4.78 is 0. The van der Waals surface area contributed by atoms with Crippen LogP contribution in [0.3, 0.4) is 0 Å². The summed E-state index contributed by atoms with van der Waals surface area (Å²) in [6, 6.07) is 6.23. The lowest BCUT2D eigenvalue weighted by Gasteiger charge is -2.35. The van der Waals surface area contributed by atoms with E-state index in [9.17, 15) is 15.3 Å². The van der Waals surface area contributed by atoms with Gasteiger partial charge in [-0.15, -0.1) is 0 Å². The zero-order valence-electron chi connectivity index (χ0n) is 17.6. The van der Waals surface area contributed by atoms with Gasteiger partial charge in [-0.25, -0.2) is 0 Å². The van der Waals surface area contributed by atoms with Crippen LogP contribution in [0, 0.1) is 5.92 Å². The number of aliphatic hydroxyl groups is 2. The summed E-state index contributed by atoms with van der Waals surface area (Å²) in [6.45, 7) is 6.98. The molecule has 154 valence electrons. The molecule has 1 aliphatic carbocycles. The lowest BCUT2D eigenvalue weighted by atomic mass is 9.71. The van der Waals surface area contributed by atoms with Crippen molar-refractivity contribution >= 4 is 0 Å². The fourth-order valence-electron chi connectivity index (χ4n) is 4.71. The first kappa shape index (κ1) is 22.2. The van der Waals surface area contributed by atoms with Gasteiger partial charge < -0.3 is 15.3 Å². The molecule has 1 aliphatic rings. The summed E-state index contributed by atoms with van der Waals surface area (Å²) in [7, 11) is 0. The molecule has 0 spiro atoms. The first-order valence-corrected chi connectivity index (χ1v) is 11.0. The van der Waals surface area contributed by atoms with Crippen molar-refractivity contribution in [2.24, 2.45) is 5.92 Å². The number of hydrogen-bond donors (Lipinski definition) is 3. The molecule has 0 unspecified atom stereocenters. The van der Waals surface area contributed by atoms with Gasteiger partial charge in [0.2, 0.25) is 0 Å². The Balaban J connectivity index is 2.13. The third-order valence-corrected chi connectivity index (χ3v) is 6.57. The molecule has 0 heterocycles. The van der Waals surface area contributed by atoms with E-state index in [2.05, 4.69) is 32.9 Å². The van der Waals surface area contributed by atoms with E-state index in [1.807, 2.05) is 6.07 Å². The Morgan fingerprint density at radius 1 is 1.07 bits per heavy atom. The number of benzene rings is 1. The van der Waals surface area contributed by atoms with Gasteiger partial charge >= 0.3 is 0 Å². The van der Waals surface area contributed by atoms with Gasteiger partial charge in [0.15, 0.2) is 0 Å². The molecule has 0 amide bonds. The monoisotopic (exact) mass is 376 g/mol. The standard InChI is InChI=1S/C24H40O3/c1-4-5-6-7-14-24(2,3)19-11-13-21(23(27)16-19)22-17-20(26)12-10-18(22)9-8-15-25/h11,13,16,18,20,22,25-27H,4-10,12,14-15,17H2,1-3H3/t18-,20+,22-/m1/s1. The first-order chi connectivity index (χ1) is 12.9. The van der Waals surface area contributed by atoms with Crippen molar-refractivity contribution in [2.75, 3.05) is 6.61 Å². The summed E-state index contributed by atoms with van der Waals surface area (Å²) in [5.41, 5.74) is 2.23.